The minimum absolute atomic E-state index is 0.104. The summed E-state index contributed by atoms with van der Waals surface area (Å²) in [5.41, 5.74) is 6.46. The number of benzene rings is 1. The molecule has 3 heteroatoms. The monoisotopic (exact) mass is 233 g/mol. The Kier molecular flexibility index (Phi) is 3.79. The molecule has 17 heavy (non-hydrogen) atoms. The lowest BCUT2D eigenvalue weighted by Crippen LogP contribution is -2.25. The van der Waals surface area contributed by atoms with Crippen LogP contribution in [0, 0.1) is 11.8 Å². The highest BCUT2D eigenvalue weighted by Gasteiger charge is 2.32. The van der Waals surface area contributed by atoms with Gasteiger partial charge in [-0.2, -0.15) is 0 Å². The summed E-state index contributed by atoms with van der Waals surface area (Å²) in [5, 5.41) is 0. The second kappa shape index (κ2) is 5.32. The molecule has 1 fully saturated rings. The van der Waals surface area contributed by atoms with Crippen molar-refractivity contribution in [2.24, 2.45) is 17.6 Å². The Morgan fingerprint density at radius 3 is 3.00 bits per heavy atom. The zero-order chi connectivity index (χ0) is 12.3. The molecule has 0 aromatic heterocycles. The minimum Gasteiger partial charge on any atom is -0.497 e. The molecule has 0 heterocycles. The molecule has 1 aromatic carbocycles. The maximum Gasteiger partial charge on any atom is 0.166 e. The highest BCUT2D eigenvalue weighted by atomic mass is 16.5. The molecular formula is C14H19NO2. The van der Waals surface area contributed by atoms with Crippen molar-refractivity contribution < 1.29 is 9.53 Å². The third-order valence-electron chi connectivity index (χ3n) is 3.65. The van der Waals surface area contributed by atoms with Gasteiger partial charge in [0.15, 0.2) is 5.78 Å². The van der Waals surface area contributed by atoms with Gasteiger partial charge in [0.05, 0.1) is 7.11 Å². The molecule has 92 valence electrons. The molecule has 0 saturated heterocycles. The van der Waals surface area contributed by atoms with Crippen LogP contribution >= 0.6 is 0 Å². The Labute approximate surface area is 102 Å². The summed E-state index contributed by atoms with van der Waals surface area (Å²) < 4.78 is 5.14. The fourth-order valence-corrected chi connectivity index (χ4v) is 2.65. The smallest absolute Gasteiger partial charge is 0.166 e. The molecule has 2 N–H and O–H groups in total. The van der Waals surface area contributed by atoms with E-state index in [2.05, 4.69) is 0 Å². The van der Waals surface area contributed by atoms with Crippen LogP contribution in [0.2, 0.25) is 0 Å². The molecule has 1 aromatic rings. The van der Waals surface area contributed by atoms with Gasteiger partial charge in [-0.25, -0.2) is 0 Å². The quantitative estimate of drug-likeness (QED) is 0.811. The third-order valence-corrected chi connectivity index (χ3v) is 3.65. The van der Waals surface area contributed by atoms with Crippen LogP contribution in [-0.4, -0.2) is 19.4 Å². The highest BCUT2D eigenvalue weighted by Crippen LogP contribution is 2.33. The van der Waals surface area contributed by atoms with Crippen LogP contribution in [0.15, 0.2) is 24.3 Å². The number of ether oxygens (including phenoxy) is 1. The number of nitrogens with two attached hydrogens (primary N) is 1. The first-order valence-corrected chi connectivity index (χ1v) is 6.14. The Hall–Kier alpha value is -1.35. The Morgan fingerprint density at radius 2 is 2.29 bits per heavy atom. The molecule has 0 spiro atoms. The van der Waals surface area contributed by atoms with Crippen molar-refractivity contribution in [3.05, 3.63) is 29.8 Å². The number of hydrogen-bond acceptors (Lipinski definition) is 3. The highest BCUT2D eigenvalue weighted by molar-refractivity contribution is 5.98. The van der Waals surface area contributed by atoms with E-state index in [0.29, 0.717) is 12.5 Å². The molecule has 0 bridgehead atoms. The third kappa shape index (κ3) is 2.50. The standard InChI is InChI=1S/C14H19NO2/c1-17-12-6-2-4-10(8-12)14(16)13-7-3-5-11(13)9-15/h2,4,6,8,11,13H,3,5,7,9,15H2,1H3. The van der Waals surface area contributed by atoms with Crippen molar-refractivity contribution in [1.29, 1.82) is 0 Å². The number of carbonyl (C=O) groups is 1. The topological polar surface area (TPSA) is 52.3 Å². The summed E-state index contributed by atoms with van der Waals surface area (Å²) in [6, 6.07) is 7.38. The fraction of sp³-hybridized carbons (Fsp3) is 0.500. The van der Waals surface area contributed by atoms with Crippen LogP contribution < -0.4 is 10.5 Å². The molecular weight excluding hydrogens is 214 g/mol. The molecule has 2 rings (SSSR count). The van der Waals surface area contributed by atoms with E-state index in [-0.39, 0.29) is 11.7 Å². The first-order valence-electron chi connectivity index (χ1n) is 6.14. The molecule has 0 aliphatic heterocycles. The van der Waals surface area contributed by atoms with Crippen molar-refractivity contribution in [2.75, 3.05) is 13.7 Å². The largest absolute Gasteiger partial charge is 0.497 e. The number of rotatable bonds is 4. The van der Waals surface area contributed by atoms with E-state index in [0.717, 1.165) is 30.6 Å². The number of methoxy groups -OCH3 is 1. The van der Waals surface area contributed by atoms with Gasteiger partial charge in [0.2, 0.25) is 0 Å². The van der Waals surface area contributed by atoms with Crippen molar-refractivity contribution >= 4 is 5.78 Å². The second-order valence-corrected chi connectivity index (χ2v) is 4.63. The number of carbonyl (C=O) groups excluding carboxylic acids is 1. The minimum atomic E-state index is 0.104. The second-order valence-electron chi connectivity index (χ2n) is 4.63. The van der Waals surface area contributed by atoms with Crippen LogP contribution in [0.5, 0.6) is 5.75 Å². The van der Waals surface area contributed by atoms with E-state index in [1.807, 2.05) is 24.3 Å². The molecule has 2 atom stereocenters. The van der Waals surface area contributed by atoms with Gasteiger partial charge in [-0.3, -0.25) is 4.79 Å². The number of Topliss-reactive ketones (excluding diaryl/α,β-unsaturated/α-hetero) is 1. The van der Waals surface area contributed by atoms with E-state index in [1.165, 1.54) is 0 Å². The molecule has 1 saturated carbocycles. The predicted molar refractivity (Wildman–Crippen MR) is 67.2 cm³/mol. The van der Waals surface area contributed by atoms with E-state index >= 15 is 0 Å². The van der Waals surface area contributed by atoms with Crippen LogP contribution in [0.25, 0.3) is 0 Å². The summed E-state index contributed by atoms with van der Waals surface area (Å²) in [5.74, 6) is 1.41. The van der Waals surface area contributed by atoms with Crippen LogP contribution in [-0.2, 0) is 0 Å². The maximum absolute atomic E-state index is 12.4. The van der Waals surface area contributed by atoms with Gasteiger partial charge in [0.1, 0.15) is 5.75 Å². The molecule has 0 radical (unpaired) electrons. The zero-order valence-electron chi connectivity index (χ0n) is 10.2. The summed E-state index contributed by atoms with van der Waals surface area (Å²) in [4.78, 5) is 12.4. The predicted octanol–water partition coefficient (Wildman–Crippen LogP) is 2.25. The van der Waals surface area contributed by atoms with Crippen molar-refractivity contribution in [3.63, 3.8) is 0 Å². The molecule has 3 nitrogen and oxygen atoms in total. The van der Waals surface area contributed by atoms with Crippen LogP contribution in [0.3, 0.4) is 0 Å². The SMILES string of the molecule is COc1cccc(C(=O)C2CCCC2CN)c1. The van der Waals surface area contributed by atoms with Gasteiger partial charge in [-0.15, -0.1) is 0 Å². The van der Waals surface area contributed by atoms with E-state index in [9.17, 15) is 4.79 Å². The summed E-state index contributed by atoms with van der Waals surface area (Å²) >= 11 is 0. The van der Waals surface area contributed by atoms with Gasteiger partial charge in [0, 0.05) is 11.5 Å². The van der Waals surface area contributed by atoms with Crippen molar-refractivity contribution in [3.8, 4) is 5.75 Å². The summed E-state index contributed by atoms with van der Waals surface area (Å²) in [6.07, 6.45) is 3.16. The van der Waals surface area contributed by atoms with E-state index in [1.54, 1.807) is 7.11 Å². The normalized spacial score (nSPS) is 23.6. The first-order chi connectivity index (χ1) is 8.26. The number of hydrogen-bond donors (Lipinski definition) is 1. The van der Waals surface area contributed by atoms with Crippen LogP contribution in [0.4, 0.5) is 0 Å². The van der Waals surface area contributed by atoms with Gasteiger partial charge < -0.3 is 10.5 Å². The maximum atomic E-state index is 12.4. The van der Waals surface area contributed by atoms with Gasteiger partial charge in [0.25, 0.3) is 0 Å². The first kappa shape index (κ1) is 12.1. The van der Waals surface area contributed by atoms with Crippen molar-refractivity contribution in [2.45, 2.75) is 19.3 Å². The van der Waals surface area contributed by atoms with Crippen molar-refractivity contribution in [1.82, 2.24) is 0 Å². The lowest BCUT2D eigenvalue weighted by atomic mass is 9.88. The molecule has 1 aliphatic rings. The van der Waals surface area contributed by atoms with E-state index < -0.39 is 0 Å². The Bertz CT molecular complexity index is 403. The number of ketones is 1. The summed E-state index contributed by atoms with van der Waals surface area (Å²) in [7, 11) is 1.61. The van der Waals surface area contributed by atoms with E-state index in [4.69, 9.17) is 10.5 Å². The Balaban J connectivity index is 2.18. The zero-order valence-corrected chi connectivity index (χ0v) is 10.2. The summed E-state index contributed by atoms with van der Waals surface area (Å²) in [6.45, 7) is 0.611. The van der Waals surface area contributed by atoms with Gasteiger partial charge >= 0.3 is 0 Å². The average molecular weight is 233 g/mol. The fourth-order valence-electron chi connectivity index (χ4n) is 2.65. The van der Waals surface area contributed by atoms with Gasteiger partial charge in [-0.1, -0.05) is 18.6 Å². The lowest BCUT2D eigenvalue weighted by Gasteiger charge is -2.16. The Morgan fingerprint density at radius 1 is 1.47 bits per heavy atom. The average Bonchev–Trinajstić information content (AvgIpc) is 2.86. The van der Waals surface area contributed by atoms with Gasteiger partial charge in [-0.05, 0) is 37.4 Å². The lowest BCUT2D eigenvalue weighted by molar-refractivity contribution is 0.0893. The molecule has 0 amide bonds. The molecule has 1 aliphatic carbocycles. The molecule has 2 unspecified atom stereocenters. The van der Waals surface area contributed by atoms with Crippen LogP contribution in [0.1, 0.15) is 29.6 Å².